The fraction of sp³-hybridized carbons (Fsp3) is 1.00. The Morgan fingerprint density at radius 1 is 0.250 bits per heavy atom. The number of hydrogen-bond acceptors (Lipinski definition) is 0. The molecule has 3 heteroatoms. The summed E-state index contributed by atoms with van der Waals surface area (Å²) in [6.07, 6.45) is 13.5. The van der Waals surface area contributed by atoms with Crippen molar-refractivity contribution in [3.05, 3.63) is 0 Å². The van der Waals surface area contributed by atoms with Crippen LogP contribution in [0.2, 0.25) is 0 Å². The zero-order valence-electron chi connectivity index (χ0n) is 7.59. The topological polar surface area (TPSA) is 0 Å². The van der Waals surface area contributed by atoms with Crippen LogP contribution in [0, 0.1) is 0 Å². The molecule has 0 amide bonds. The molecule has 0 saturated heterocycles. The van der Waals surface area contributed by atoms with Gasteiger partial charge < -0.3 is 0 Å². The van der Waals surface area contributed by atoms with E-state index in [0.29, 0.717) is 0 Å². The fourth-order valence-electron chi connectivity index (χ4n) is 1.59. The van der Waals surface area contributed by atoms with Gasteiger partial charge in [-0.3, -0.25) is 0 Å². The van der Waals surface area contributed by atoms with E-state index in [-0.39, 0.29) is 50.9 Å². The summed E-state index contributed by atoms with van der Waals surface area (Å²) in [6.45, 7) is 0. The lowest BCUT2D eigenvalue weighted by atomic mass is 10.1. The third kappa shape index (κ3) is 11.4. The Kier molecular flexibility index (Phi) is 23.8. The highest BCUT2D eigenvalue weighted by atomic mass is 79.9. The number of rotatable bonds is 0. The molecule has 0 aromatic carbocycles. The van der Waals surface area contributed by atoms with E-state index < -0.39 is 0 Å². The van der Waals surface area contributed by atoms with E-state index in [2.05, 4.69) is 0 Å². The van der Waals surface area contributed by atoms with Gasteiger partial charge in [-0.2, -0.15) is 0 Å². The molecule has 1 aliphatic carbocycles. The van der Waals surface area contributed by atoms with Gasteiger partial charge in [-0.25, -0.2) is 0 Å². The second kappa shape index (κ2) is 14.9. The van der Waals surface area contributed by atoms with Crippen molar-refractivity contribution in [3.8, 4) is 0 Å². The van der Waals surface area contributed by atoms with Gasteiger partial charge in [-0.15, -0.1) is 50.9 Å². The Morgan fingerprint density at radius 3 is 0.417 bits per heavy atom. The quantitative estimate of drug-likeness (QED) is 0.548. The first-order chi connectivity index (χ1) is 4.50. The van der Waals surface area contributed by atoms with E-state index in [4.69, 9.17) is 0 Å². The molecule has 12 heavy (non-hydrogen) atoms. The van der Waals surface area contributed by atoms with Gasteiger partial charge in [-0.05, 0) is 0 Å². The van der Waals surface area contributed by atoms with Crippen molar-refractivity contribution in [2.75, 3.05) is 0 Å². The Hall–Kier alpha value is 1.44. The van der Waals surface area contributed by atoms with Crippen LogP contribution in [-0.2, 0) is 0 Å². The monoisotopic (exact) mass is 366 g/mol. The highest BCUT2D eigenvalue weighted by molar-refractivity contribution is 8.93. The summed E-state index contributed by atoms with van der Waals surface area (Å²) in [6, 6.07) is 0. The fourth-order valence-corrected chi connectivity index (χ4v) is 1.59. The molecule has 0 aliphatic heterocycles. The van der Waals surface area contributed by atoms with Crippen molar-refractivity contribution < 1.29 is 0 Å². The minimum absolute atomic E-state index is 0. The zero-order valence-corrected chi connectivity index (χ0v) is 12.7. The highest BCUT2D eigenvalue weighted by Crippen LogP contribution is 2.15. The molecule has 1 saturated carbocycles. The standard InChI is InChI=1S/C9H18.3BrH/c1-2-4-6-8-9-7-5-3-1;;;/h1-9H2;3*1H. The average molecular weight is 369 g/mol. The summed E-state index contributed by atoms with van der Waals surface area (Å²) in [5.41, 5.74) is 0. The van der Waals surface area contributed by atoms with Gasteiger partial charge in [0.15, 0.2) is 0 Å². The predicted molar refractivity (Wildman–Crippen MR) is 72.5 cm³/mol. The molecule has 0 N–H and O–H groups in total. The van der Waals surface area contributed by atoms with Crippen molar-refractivity contribution in [1.82, 2.24) is 0 Å². The van der Waals surface area contributed by atoms with Gasteiger partial charge in [0.05, 0.1) is 0 Å². The molecule has 0 atom stereocenters. The molecule has 1 rings (SSSR count). The van der Waals surface area contributed by atoms with Crippen LogP contribution in [0.15, 0.2) is 0 Å². The molecule has 0 aromatic rings. The largest absolute Gasteiger partial charge is 0.114 e. The Labute approximate surface area is 108 Å². The van der Waals surface area contributed by atoms with Gasteiger partial charge >= 0.3 is 0 Å². The average Bonchev–Trinajstić information content (AvgIpc) is 2.00. The summed E-state index contributed by atoms with van der Waals surface area (Å²) in [5.74, 6) is 0. The maximum absolute atomic E-state index is 1.50. The summed E-state index contributed by atoms with van der Waals surface area (Å²) in [4.78, 5) is 0. The van der Waals surface area contributed by atoms with Crippen LogP contribution < -0.4 is 0 Å². The third-order valence-electron chi connectivity index (χ3n) is 2.25. The minimum Gasteiger partial charge on any atom is -0.114 e. The lowest BCUT2D eigenvalue weighted by Gasteiger charge is -1.93. The summed E-state index contributed by atoms with van der Waals surface area (Å²) in [5, 5.41) is 0. The van der Waals surface area contributed by atoms with Crippen LogP contribution in [0.3, 0.4) is 0 Å². The van der Waals surface area contributed by atoms with Crippen LogP contribution in [0.1, 0.15) is 57.8 Å². The highest BCUT2D eigenvalue weighted by Gasteiger charge is 1.95. The Balaban J connectivity index is -0.000000270. The summed E-state index contributed by atoms with van der Waals surface area (Å²) < 4.78 is 0. The maximum atomic E-state index is 1.50. The molecule has 0 aromatic heterocycles. The van der Waals surface area contributed by atoms with E-state index in [1.54, 1.807) is 0 Å². The van der Waals surface area contributed by atoms with Gasteiger partial charge in [0.25, 0.3) is 0 Å². The van der Waals surface area contributed by atoms with Gasteiger partial charge in [0, 0.05) is 0 Å². The molecule has 0 nitrogen and oxygen atoms in total. The Bertz CT molecular complexity index is 38.3. The lowest BCUT2D eigenvalue weighted by Crippen LogP contribution is -1.73. The van der Waals surface area contributed by atoms with Gasteiger partial charge in [-0.1, -0.05) is 57.8 Å². The van der Waals surface area contributed by atoms with E-state index in [1.165, 1.54) is 57.8 Å². The van der Waals surface area contributed by atoms with Crippen molar-refractivity contribution >= 4 is 50.9 Å². The summed E-state index contributed by atoms with van der Waals surface area (Å²) in [7, 11) is 0. The minimum atomic E-state index is 0. The van der Waals surface area contributed by atoms with Gasteiger partial charge in [0.1, 0.15) is 0 Å². The number of hydrogen-bond donors (Lipinski definition) is 0. The smallest absolute Gasteiger partial charge is 0.0533 e. The predicted octanol–water partition coefficient (Wildman–Crippen LogP) is 5.24. The van der Waals surface area contributed by atoms with Crippen LogP contribution in [0.5, 0.6) is 0 Å². The van der Waals surface area contributed by atoms with Crippen molar-refractivity contribution in [3.63, 3.8) is 0 Å². The van der Waals surface area contributed by atoms with Crippen LogP contribution in [-0.4, -0.2) is 0 Å². The molecule has 1 aliphatic rings. The molecule has 0 heterocycles. The van der Waals surface area contributed by atoms with Crippen molar-refractivity contribution in [1.29, 1.82) is 0 Å². The lowest BCUT2D eigenvalue weighted by molar-refractivity contribution is 0.624. The van der Waals surface area contributed by atoms with Crippen LogP contribution >= 0.6 is 50.9 Å². The van der Waals surface area contributed by atoms with E-state index in [1.807, 2.05) is 0 Å². The van der Waals surface area contributed by atoms with E-state index in [9.17, 15) is 0 Å². The Morgan fingerprint density at radius 2 is 0.333 bits per heavy atom. The summed E-state index contributed by atoms with van der Waals surface area (Å²) >= 11 is 0. The van der Waals surface area contributed by atoms with Crippen LogP contribution in [0.4, 0.5) is 0 Å². The number of halogens is 3. The van der Waals surface area contributed by atoms with E-state index in [0.717, 1.165) is 0 Å². The van der Waals surface area contributed by atoms with Gasteiger partial charge in [0.2, 0.25) is 0 Å². The zero-order chi connectivity index (χ0) is 6.36. The molecular formula is C9H21Br3. The second-order valence-corrected chi connectivity index (χ2v) is 3.18. The molecular weight excluding hydrogens is 348 g/mol. The second-order valence-electron chi connectivity index (χ2n) is 3.18. The molecule has 0 unspecified atom stereocenters. The molecule has 1 fully saturated rings. The first kappa shape index (κ1) is 19.1. The molecule has 0 bridgehead atoms. The third-order valence-corrected chi connectivity index (χ3v) is 2.25. The molecule has 0 spiro atoms. The van der Waals surface area contributed by atoms with Crippen LogP contribution in [0.25, 0.3) is 0 Å². The van der Waals surface area contributed by atoms with Crippen molar-refractivity contribution in [2.45, 2.75) is 57.8 Å². The molecule has 78 valence electrons. The maximum Gasteiger partial charge on any atom is -0.0533 e. The SMILES string of the molecule is Br.Br.Br.C1CCCCCCCC1. The van der Waals surface area contributed by atoms with E-state index >= 15 is 0 Å². The first-order valence-electron chi connectivity index (χ1n) is 4.50. The molecule has 0 radical (unpaired) electrons. The first-order valence-corrected chi connectivity index (χ1v) is 4.50. The normalized spacial score (nSPS) is 18.0. The van der Waals surface area contributed by atoms with Crippen molar-refractivity contribution in [2.24, 2.45) is 0 Å².